The molecule has 1 amide bonds. The number of carbonyl (C=O) groups is 1. The lowest BCUT2D eigenvalue weighted by Gasteiger charge is -2.14. The Morgan fingerprint density at radius 1 is 1.23 bits per heavy atom. The molecule has 2 heterocycles. The van der Waals surface area contributed by atoms with Crippen LogP contribution in [0.1, 0.15) is 63.3 Å². The van der Waals surface area contributed by atoms with Gasteiger partial charge in [0.2, 0.25) is 5.91 Å². The van der Waals surface area contributed by atoms with Crippen LogP contribution in [0.4, 0.5) is 5.69 Å². The van der Waals surface area contributed by atoms with Crippen LogP contribution < -0.4 is 10.9 Å². The van der Waals surface area contributed by atoms with E-state index in [0.717, 1.165) is 16.5 Å². The summed E-state index contributed by atoms with van der Waals surface area (Å²) in [5.74, 6) is 1.29. The molecule has 3 rings (SSSR count). The fourth-order valence-electron chi connectivity index (χ4n) is 2.99. The Hall–Kier alpha value is -2.08. The lowest BCUT2D eigenvalue weighted by Crippen LogP contribution is -2.28. The zero-order valence-electron chi connectivity index (χ0n) is 15.7. The van der Waals surface area contributed by atoms with E-state index in [0.29, 0.717) is 11.7 Å². The van der Waals surface area contributed by atoms with Gasteiger partial charge in [0.25, 0.3) is 5.56 Å². The minimum absolute atomic E-state index is 0.0669. The van der Waals surface area contributed by atoms with Crippen LogP contribution in [-0.4, -0.2) is 21.2 Å². The first-order valence-electron chi connectivity index (χ1n) is 9.01. The zero-order valence-corrected chi connectivity index (χ0v) is 16.5. The van der Waals surface area contributed by atoms with Crippen molar-refractivity contribution in [3.05, 3.63) is 51.9 Å². The van der Waals surface area contributed by atoms with Gasteiger partial charge in [-0.15, -0.1) is 0 Å². The summed E-state index contributed by atoms with van der Waals surface area (Å²) >= 11 is 1.55. The number of benzene rings is 1. The molecule has 1 atom stereocenters. The van der Waals surface area contributed by atoms with Crippen molar-refractivity contribution in [1.29, 1.82) is 0 Å². The van der Waals surface area contributed by atoms with E-state index in [4.69, 9.17) is 0 Å². The molecule has 0 fully saturated rings. The fourth-order valence-corrected chi connectivity index (χ4v) is 4.15. The number of thioether (sulfide) groups is 1. The molecule has 1 aromatic carbocycles. The van der Waals surface area contributed by atoms with Crippen LogP contribution in [0.15, 0.2) is 40.3 Å². The van der Waals surface area contributed by atoms with Crippen molar-refractivity contribution in [2.75, 3.05) is 11.1 Å². The Morgan fingerprint density at radius 2 is 1.92 bits per heavy atom. The molecular weight excluding hydrogens is 346 g/mol. The van der Waals surface area contributed by atoms with E-state index in [-0.39, 0.29) is 29.8 Å². The summed E-state index contributed by atoms with van der Waals surface area (Å²) in [6, 6.07) is 9.35. The van der Waals surface area contributed by atoms with Gasteiger partial charge in [-0.1, -0.05) is 51.6 Å². The molecule has 1 N–H and O–H groups in total. The molecule has 0 radical (unpaired) electrons. The predicted molar refractivity (Wildman–Crippen MR) is 106 cm³/mol. The van der Waals surface area contributed by atoms with Crippen LogP contribution in [-0.2, 0) is 4.79 Å². The van der Waals surface area contributed by atoms with Gasteiger partial charge in [0.05, 0.1) is 11.7 Å². The summed E-state index contributed by atoms with van der Waals surface area (Å²) in [5.41, 5.74) is 2.76. The van der Waals surface area contributed by atoms with E-state index in [1.54, 1.807) is 22.4 Å². The quantitative estimate of drug-likeness (QED) is 0.802. The first-order valence-corrected chi connectivity index (χ1v) is 9.99. The highest BCUT2D eigenvalue weighted by atomic mass is 32.2. The van der Waals surface area contributed by atoms with E-state index in [9.17, 15) is 9.59 Å². The van der Waals surface area contributed by atoms with Gasteiger partial charge >= 0.3 is 0 Å². The summed E-state index contributed by atoms with van der Waals surface area (Å²) in [6.07, 6.45) is 0.272. The number of hydrogen-bond acceptors (Lipinski definition) is 4. The maximum atomic E-state index is 12.5. The van der Waals surface area contributed by atoms with Gasteiger partial charge in [0.15, 0.2) is 5.16 Å². The standard InChI is InChI=1S/C20H25N3O2S/c1-12(2)14-5-7-15(8-6-14)21-18(24)9-16-11-26-20-22-17(13(3)4)10-19(25)23(16)20/h5-8,10,12-13,16H,9,11H2,1-4H3,(H,21,24). The van der Waals surface area contributed by atoms with Crippen molar-refractivity contribution in [3.8, 4) is 0 Å². The third kappa shape index (κ3) is 4.01. The van der Waals surface area contributed by atoms with E-state index >= 15 is 0 Å². The van der Waals surface area contributed by atoms with Crippen LogP contribution in [0.25, 0.3) is 0 Å². The Balaban J connectivity index is 1.69. The lowest BCUT2D eigenvalue weighted by molar-refractivity contribution is -0.116. The monoisotopic (exact) mass is 371 g/mol. The van der Waals surface area contributed by atoms with Gasteiger partial charge in [-0.2, -0.15) is 0 Å². The van der Waals surface area contributed by atoms with Crippen molar-refractivity contribution in [1.82, 2.24) is 9.55 Å². The minimum atomic E-state index is -0.147. The highest BCUT2D eigenvalue weighted by Crippen LogP contribution is 2.33. The van der Waals surface area contributed by atoms with Gasteiger partial charge in [-0.25, -0.2) is 4.98 Å². The van der Waals surface area contributed by atoms with E-state index in [1.165, 1.54) is 5.56 Å². The third-order valence-corrected chi connectivity index (χ3v) is 5.68. The van der Waals surface area contributed by atoms with Crippen molar-refractivity contribution in [3.63, 3.8) is 0 Å². The van der Waals surface area contributed by atoms with E-state index in [1.807, 2.05) is 38.1 Å². The molecule has 138 valence electrons. The maximum absolute atomic E-state index is 12.5. The topological polar surface area (TPSA) is 64.0 Å². The molecule has 0 saturated heterocycles. The number of fused-ring (bicyclic) bond motifs is 1. The number of nitrogens with one attached hydrogen (secondary N) is 1. The van der Waals surface area contributed by atoms with Gasteiger partial charge in [0.1, 0.15) is 0 Å². The number of hydrogen-bond donors (Lipinski definition) is 1. The Labute approximate surface area is 158 Å². The third-order valence-electron chi connectivity index (χ3n) is 4.58. The maximum Gasteiger partial charge on any atom is 0.254 e. The second kappa shape index (κ2) is 7.66. The second-order valence-corrected chi connectivity index (χ2v) is 8.31. The van der Waals surface area contributed by atoms with Crippen LogP contribution >= 0.6 is 11.8 Å². The van der Waals surface area contributed by atoms with Crippen LogP contribution in [0.5, 0.6) is 0 Å². The smallest absolute Gasteiger partial charge is 0.254 e. The number of nitrogens with zero attached hydrogens (tertiary/aromatic N) is 2. The van der Waals surface area contributed by atoms with Gasteiger partial charge in [-0.3, -0.25) is 14.2 Å². The molecule has 5 nitrogen and oxygen atoms in total. The summed E-state index contributed by atoms with van der Waals surface area (Å²) in [6.45, 7) is 8.32. The highest BCUT2D eigenvalue weighted by molar-refractivity contribution is 7.99. The lowest BCUT2D eigenvalue weighted by atomic mass is 10.0. The van der Waals surface area contributed by atoms with Crippen molar-refractivity contribution >= 4 is 23.4 Å². The molecule has 1 aromatic heterocycles. The summed E-state index contributed by atoms with van der Waals surface area (Å²) < 4.78 is 1.66. The minimum Gasteiger partial charge on any atom is -0.326 e. The molecule has 6 heteroatoms. The van der Waals surface area contributed by atoms with Gasteiger partial charge in [0, 0.05) is 23.9 Å². The largest absolute Gasteiger partial charge is 0.326 e. The molecule has 1 unspecified atom stereocenters. The summed E-state index contributed by atoms with van der Waals surface area (Å²) in [5, 5.41) is 3.65. The molecule has 1 aliphatic heterocycles. The summed E-state index contributed by atoms with van der Waals surface area (Å²) in [4.78, 5) is 29.5. The first-order chi connectivity index (χ1) is 12.3. The molecule has 0 saturated carbocycles. The van der Waals surface area contributed by atoms with Crippen molar-refractivity contribution in [2.45, 2.75) is 57.1 Å². The van der Waals surface area contributed by atoms with Crippen LogP contribution in [0.2, 0.25) is 0 Å². The molecule has 26 heavy (non-hydrogen) atoms. The average Bonchev–Trinajstić information content (AvgIpc) is 2.98. The second-order valence-electron chi connectivity index (χ2n) is 7.32. The van der Waals surface area contributed by atoms with E-state index in [2.05, 4.69) is 24.1 Å². The molecular formula is C20H25N3O2S. The number of amides is 1. The number of rotatable bonds is 5. The summed E-state index contributed by atoms with van der Waals surface area (Å²) in [7, 11) is 0. The normalized spacial score (nSPS) is 16.2. The molecule has 0 spiro atoms. The number of aromatic nitrogens is 2. The Bertz CT molecular complexity index is 856. The van der Waals surface area contributed by atoms with Crippen LogP contribution in [0, 0.1) is 0 Å². The Morgan fingerprint density at radius 3 is 2.54 bits per heavy atom. The average molecular weight is 372 g/mol. The van der Waals surface area contributed by atoms with E-state index < -0.39 is 0 Å². The van der Waals surface area contributed by atoms with Crippen molar-refractivity contribution < 1.29 is 4.79 Å². The fraction of sp³-hybridized carbons (Fsp3) is 0.450. The molecule has 0 bridgehead atoms. The van der Waals surface area contributed by atoms with Crippen molar-refractivity contribution in [2.24, 2.45) is 0 Å². The van der Waals surface area contributed by atoms with Crippen LogP contribution in [0.3, 0.4) is 0 Å². The van der Waals surface area contributed by atoms with Gasteiger partial charge < -0.3 is 5.32 Å². The highest BCUT2D eigenvalue weighted by Gasteiger charge is 2.28. The zero-order chi connectivity index (χ0) is 18.8. The number of anilines is 1. The first kappa shape index (κ1) is 18.7. The molecule has 1 aliphatic rings. The molecule has 2 aromatic rings. The molecule has 0 aliphatic carbocycles. The van der Waals surface area contributed by atoms with Gasteiger partial charge in [-0.05, 0) is 29.5 Å². The Kier molecular flexibility index (Phi) is 5.51. The predicted octanol–water partition coefficient (Wildman–Crippen LogP) is 4.17. The number of carbonyl (C=O) groups excluding carboxylic acids is 1. The SMILES string of the molecule is CC(C)c1ccc(NC(=O)CC2CSc3nc(C(C)C)cc(=O)n32)cc1.